The number of aromatic nitrogens is 2. The molecule has 1 N–H and O–H groups in total. The number of rotatable bonds is 3. The van der Waals surface area contributed by atoms with Crippen LogP contribution in [0.25, 0.3) is 11.3 Å². The second-order valence-corrected chi connectivity index (χ2v) is 5.98. The van der Waals surface area contributed by atoms with Gasteiger partial charge in [0, 0.05) is 17.6 Å². The van der Waals surface area contributed by atoms with Crippen LogP contribution in [0.4, 0.5) is 14.5 Å². The Labute approximate surface area is 148 Å². The Balaban J connectivity index is 1.95. The highest BCUT2D eigenvalue weighted by molar-refractivity contribution is 6.30. The zero-order chi connectivity index (χ0) is 18.1. The van der Waals surface area contributed by atoms with E-state index in [0.29, 0.717) is 10.7 Å². The minimum Gasteiger partial charge on any atom is -0.316 e. The SMILES string of the molecule is Cc1ccc(Cl)cc1-c1cc(C(=O)Nc2c(F)cccc2F)nn1C. The van der Waals surface area contributed by atoms with E-state index in [-0.39, 0.29) is 5.69 Å². The summed E-state index contributed by atoms with van der Waals surface area (Å²) in [6.07, 6.45) is 0. The van der Waals surface area contributed by atoms with Crippen molar-refractivity contribution in [3.63, 3.8) is 0 Å². The molecule has 1 amide bonds. The zero-order valence-corrected chi connectivity index (χ0v) is 14.2. The van der Waals surface area contributed by atoms with Gasteiger partial charge in [-0.2, -0.15) is 5.10 Å². The van der Waals surface area contributed by atoms with E-state index in [9.17, 15) is 13.6 Å². The van der Waals surface area contributed by atoms with E-state index in [1.807, 2.05) is 13.0 Å². The highest BCUT2D eigenvalue weighted by Crippen LogP contribution is 2.27. The van der Waals surface area contributed by atoms with Gasteiger partial charge in [0.1, 0.15) is 17.3 Å². The predicted octanol–water partition coefficient (Wildman–Crippen LogP) is 4.58. The lowest BCUT2D eigenvalue weighted by molar-refractivity contribution is 0.102. The second kappa shape index (κ2) is 6.64. The summed E-state index contributed by atoms with van der Waals surface area (Å²) in [5.41, 5.74) is 1.98. The number of benzene rings is 2. The average Bonchev–Trinajstić information content (AvgIpc) is 2.95. The molecule has 0 aliphatic carbocycles. The normalized spacial score (nSPS) is 10.8. The molecular weight excluding hydrogens is 348 g/mol. The van der Waals surface area contributed by atoms with E-state index in [2.05, 4.69) is 10.4 Å². The number of halogens is 3. The van der Waals surface area contributed by atoms with Crippen LogP contribution in [0, 0.1) is 18.6 Å². The molecule has 0 radical (unpaired) electrons. The topological polar surface area (TPSA) is 46.9 Å². The maximum atomic E-state index is 13.7. The van der Waals surface area contributed by atoms with E-state index in [0.717, 1.165) is 23.3 Å². The summed E-state index contributed by atoms with van der Waals surface area (Å²) in [6.45, 7) is 1.91. The molecule has 7 heteroatoms. The van der Waals surface area contributed by atoms with Crippen LogP contribution >= 0.6 is 11.6 Å². The molecule has 128 valence electrons. The molecule has 4 nitrogen and oxygen atoms in total. The number of carbonyl (C=O) groups excluding carboxylic acids is 1. The minimum atomic E-state index is -0.852. The lowest BCUT2D eigenvalue weighted by Gasteiger charge is -2.06. The van der Waals surface area contributed by atoms with Crippen LogP contribution < -0.4 is 5.32 Å². The third-order valence-corrected chi connectivity index (χ3v) is 4.02. The first-order valence-electron chi connectivity index (χ1n) is 7.42. The van der Waals surface area contributed by atoms with Gasteiger partial charge in [-0.15, -0.1) is 0 Å². The lowest BCUT2D eigenvalue weighted by atomic mass is 10.1. The number of anilines is 1. The van der Waals surface area contributed by atoms with E-state index in [1.165, 1.54) is 10.7 Å². The van der Waals surface area contributed by atoms with E-state index >= 15 is 0 Å². The zero-order valence-electron chi connectivity index (χ0n) is 13.5. The number of hydrogen-bond acceptors (Lipinski definition) is 2. The second-order valence-electron chi connectivity index (χ2n) is 5.55. The summed E-state index contributed by atoms with van der Waals surface area (Å²) in [6, 6.07) is 10.3. The molecule has 0 aliphatic rings. The molecule has 0 saturated carbocycles. The third kappa shape index (κ3) is 3.39. The van der Waals surface area contributed by atoms with Gasteiger partial charge in [-0.05, 0) is 42.8 Å². The van der Waals surface area contributed by atoms with Crippen LogP contribution in [0.3, 0.4) is 0 Å². The monoisotopic (exact) mass is 361 g/mol. The predicted molar refractivity (Wildman–Crippen MR) is 92.7 cm³/mol. The molecule has 0 saturated heterocycles. The first kappa shape index (κ1) is 17.1. The van der Waals surface area contributed by atoms with Crippen molar-refractivity contribution in [3.8, 4) is 11.3 Å². The van der Waals surface area contributed by atoms with Gasteiger partial charge in [-0.25, -0.2) is 8.78 Å². The largest absolute Gasteiger partial charge is 0.316 e. The number of nitrogens with zero attached hydrogens (tertiary/aromatic N) is 2. The molecule has 0 spiro atoms. The molecule has 0 unspecified atom stereocenters. The molecule has 0 bridgehead atoms. The molecule has 0 atom stereocenters. The molecule has 25 heavy (non-hydrogen) atoms. The Hall–Kier alpha value is -2.73. The smallest absolute Gasteiger partial charge is 0.276 e. The maximum Gasteiger partial charge on any atom is 0.276 e. The first-order chi connectivity index (χ1) is 11.9. The van der Waals surface area contributed by atoms with Crippen molar-refractivity contribution < 1.29 is 13.6 Å². The van der Waals surface area contributed by atoms with Crippen LogP contribution in [0.2, 0.25) is 5.02 Å². The summed E-state index contributed by atoms with van der Waals surface area (Å²) in [4.78, 5) is 12.3. The Morgan fingerprint density at radius 1 is 1.16 bits per heavy atom. The van der Waals surface area contributed by atoms with Gasteiger partial charge in [0.05, 0.1) is 5.69 Å². The van der Waals surface area contributed by atoms with Gasteiger partial charge >= 0.3 is 0 Å². The van der Waals surface area contributed by atoms with Crippen molar-refractivity contribution in [3.05, 3.63) is 70.4 Å². The van der Waals surface area contributed by atoms with Crippen molar-refractivity contribution in [2.75, 3.05) is 5.32 Å². The van der Waals surface area contributed by atoms with E-state index < -0.39 is 23.2 Å². The standard InChI is InChI=1S/C18H14ClF2N3O/c1-10-6-7-11(19)8-12(10)16-9-15(23-24(16)2)18(25)22-17-13(20)4-3-5-14(17)21/h3-9H,1-2H3,(H,22,25). The van der Waals surface area contributed by atoms with Gasteiger partial charge in [-0.1, -0.05) is 23.7 Å². The van der Waals surface area contributed by atoms with Crippen molar-refractivity contribution >= 4 is 23.2 Å². The van der Waals surface area contributed by atoms with Crippen LogP contribution in [0.5, 0.6) is 0 Å². The Kier molecular flexibility index (Phi) is 4.55. The number of nitrogens with one attached hydrogen (secondary N) is 1. The van der Waals surface area contributed by atoms with Crippen molar-refractivity contribution in [1.29, 1.82) is 0 Å². The fraction of sp³-hybridized carbons (Fsp3) is 0.111. The summed E-state index contributed by atoms with van der Waals surface area (Å²) in [5, 5.41) is 6.91. The Morgan fingerprint density at radius 2 is 1.84 bits per heavy atom. The Bertz CT molecular complexity index is 949. The van der Waals surface area contributed by atoms with Gasteiger partial charge in [0.25, 0.3) is 5.91 Å². The summed E-state index contributed by atoms with van der Waals surface area (Å²) in [5.74, 6) is -2.41. The van der Waals surface area contributed by atoms with E-state index in [1.54, 1.807) is 25.2 Å². The van der Waals surface area contributed by atoms with Crippen molar-refractivity contribution in [2.45, 2.75) is 6.92 Å². The molecule has 0 fully saturated rings. The third-order valence-electron chi connectivity index (χ3n) is 3.79. The molecule has 3 aromatic rings. The van der Waals surface area contributed by atoms with Gasteiger partial charge < -0.3 is 5.32 Å². The fourth-order valence-corrected chi connectivity index (χ4v) is 2.67. The number of para-hydroxylation sites is 1. The highest BCUT2D eigenvalue weighted by Gasteiger charge is 2.18. The molecule has 1 aromatic heterocycles. The first-order valence-corrected chi connectivity index (χ1v) is 7.80. The van der Waals surface area contributed by atoms with Crippen LogP contribution in [0.15, 0.2) is 42.5 Å². The number of carbonyl (C=O) groups is 1. The number of aryl methyl sites for hydroxylation is 2. The van der Waals surface area contributed by atoms with Crippen LogP contribution in [-0.4, -0.2) is 15.7 Å². The quantitative estimate of drug-likeness (QED) is 0.742. The Morgan fingerprint density at radius 3 is 2.52 bits per heavy atom. The molecule has 1 heterocycles. The van der Waals surface area contributed by atoms with Gasteiger partial charge in [0.2, 0.25) is 0 Å². The fourth-order valence-electron chi connectivity index (χ4n) is 2.50. The summed E-state index contributed by atoms with van der Waals surface area (Å²) in [7, 11) is 1.68. The van der Waals surface area contributed by atoms with Crippen LogP contribution in [-0.2, 0) is 7.05 Å². The molecule has 3 rings (SSSR count). The lowest BCUT2D eigenvalue weighted by Crippen LogP contribution is -2.15. The van der Waals surface area contributed by atoms with Gasteiger partial charge in [-0.3, -0.25) is 9.48 Å². The highest BCUT2D eigenvalue weighted by atomic mass is 35.5. The number of amides is 1. The summed E-state index contributed by atoms with van der Waals surface area (Å²) >= 11 is 6.04. The number of hydrogen-bond donors (Lipinski definition) is 1. The van der Waals surface area contributed by atoms with Crippen molar-refractivity contribution in [1.82, 2.24) is 9.78 Å². The maximum absolute atomic E-state index is 13.7. The minimum absolute atomic E-state index is 0.0412. The van der Waals surface area contributed by atoms with Gasteiger partial charge in [0.15, 0.2) is 5.69 Å². The summed E-state index contributed by atoms with van der Waals surface area (Å²) < 4.78 is 28.9. The molecule has 0 aliphatic heterocycles. The average molecular weight is 362 g/mol. The van der Waals surface area contributed by atoms with Crippen LogP contribution in [0.1, 0.15) is 16.1 Å². The van der Waals surface area contributed by atoms with E-state index in [4.69, 9.17) is 11.6 Å². The molecular formula is C18H14ClF2N3O. The molecule has 2 aromatic carbocycles. The van der Waals surface area contributed by atoms with Crippen molar-refractivity contribution in [2.24, 2.45) is 7.05 Å².